The molecular weight excluding hydrogens is 214 g/mol. The molecule has 0 aliphatic heterocycles. The Balaban J connectivity index is 1.95. The maximum atomic E-state index is 5.55. The highest BCUT2D eigenvalue weighted by molar-refractivity contribution is 5.29. The molecule has 2 aromatic rings. The third kappa shape index (κ3) is 3.07. The van der Waals surface area contributed by atoms with Crippen molar-refractivity contribution in [3.05, 3.63) is 47.5 Å². The summed E-state index contributed by atoms with van der Waals surface area (Å²) >= 11 is 0. The summed E-state index contributed by atoms with van der Waals surface area (Å²) in [6.07, 6.45) is 3.54. The molecule has 0 atom stereocenters. The van der Waals surface area contributed by atoms with Crippen molar-refractivity contribution in [2.45, 2.75) is 20.0 Å². The minimum Gasteiger partial charge on any atom is -0.469 e. The van der Waals surface area contributed by atoms with Gasteiger partial charge in [0, 0.05) is 24.8 Å². The lowest BCUT2D eigenvalue weighted by molar-refractivity contribution is 0.316. The summed E-state index contributed by atoms with van der Waals surface area (Å²) in [6.45, 7) is 3.69. The van der Waals surface area contributed by atoms with Gasteiger partial charge in [0.15, 0.2) is 0 Å². The van der Waals surface area contributed by atoms with Crippen LogP contribution in [0.2, 0.25) is 0 Å². The van der Waals surface area contributed by atoms with Gasteiger partial charge in [-0.05, 0) is 31.7 Å². The van der Waals surface area contributed by atoms with Crippen LogP contribution in [0.3, 0.4) is 0 Å². The molecule has 0 saturated heterocycles. The van der Waals surface area contributed by atoms with E-state index < -0.39 is 0 Å². The van der Waals surface area contributed by atoms with Gasteiger partial charge in [0.2, 0.25) is 0 Å². The lowest BCUT2D eigenvalue weighted by Gasteiger charge is -2.16. The highest BCUT2D eigenvalue weighted by atomic mass is 16.3. The second kappa shape index (κ2) is 5.01. The van der Waals surface area contributed by atoms with Crippen LogP contribution in [-0.2, 0) is 13.1 Å². The first-order chi connectivity index (χ1) is 8.15. The van der Waals surface area contributed by atoms with Gasteiger partial charge in [-0.25, -0.2) is 4.98 Å². The summed E-state index contributed by atoms with van der Waals surface area (Å²) in [4.78, 5) is 6.29. The molecule has 0 unspecified atom stereocenters. The molecule has 0 bridgehead atoms. The van der Waals surface area contributed by atoms with Gasteiger partial charge in [0.05, 0.1) is 6.26 Å². The van der Waals surface area contributed by atoms with Crippen molar-refractivity contribution in [2.24, 2.45) is 0 Å². The topological polar surface area (TPSA) is 55.3 Å². The molecule has 0 fully saturated rings. The number of aryl methyl sites for hydroxylation is 1. The fourth-order valence-electron chi connectivity index (χ4n) is 1.76. The SMILES string of the molecule is Cc1occc1CN(C)Cc1ccc(N)nc1. The summed E-state index contributed by atoms with van der Waals surface area (Å²) in [5, 5.41) is 0. The van der Waals surface area contributed by atoms with Crippen molar-refractivity contribution in [3.8, 4) is 0 Å². The number of hydrogen-bond acceptors (Lipinski definition) is 4. The number of aromatic nitrogens is 1. The lowest BCUT2D eigenvalue weighted by Crippen LogP contribution is -2.17. The number of anilines is 1. The van der Waals surface area contributed by atoms with E-state index in [1.165, 1.54) is 5.56 Å². The Morgan fingerprint density at radius 2 is 2.12 bits per heavy atom. The molecule has 0 aliphatic carbocycles. The van der Waals surface area contributed by atoms with Gasteiger partial charge in [0.1, 0.15) is 11.6 Å². The molecule has 0 aromatic carbocycles. The van der Waals surface area contributed by atoms with Gasteiger partial charge in [-0.15, -0.1) is 0 Å². The number of nitrogen functional groups attached to an aromatic ring is 1. The largest absolute Gasteiger partial charge is 0.469 e. The standard InChI is InChI=1S/C13H17N3O/c1-10-12(5-6-17-10)9-16(2)8-11-3-4-13(14)15-7-11/h3-7H,8-9H2,1-2H3,(H2,14,15). The van der Waals surface area contributed by atoms with Gasteiger partial charge in [-0.2, -0.15) is 0 Å². The van der Waals surface area contributed by atoms with E-state index in [9.17, 15) is 0 Å². The number of rotatable bonds is 4. The fraction of sp³-hybridized carbons (Fsp3) is 0.308. The van der Waals surface area contributed by atoms with E-state index in [0.29, 0.717) is 5.82 Å². The van der Waals surface area contributed by atoms with Crippen molar-refractivity contribution >= 4 is 5.82 Å². The zero-order chi connectivity index (χ0) is 12.3. The summed E-state index contributed by atoms with van der Waals surface area (Å²) in [7, 11) is 2.07. The smallest absolute Gasteiger partial charge is 0.123 e. The Bertz CT molecular complexity index is 476. The first-order valence-electron chi connectivity index (χ1n) is 5.57. The van der Waals surface area contributed by atoms with Crippen molar-refractivity contribution in [1.82, 2.24) is 9.88 Å². The second-order valence-corrected chi connectivity index (χ2v) is 4.27. The van der Waals surface area contributed by atoms with Crippen LogP contribution < -0.4 is 5.73 Å². The number of furan rings is 1. The van der Waals surface area contributed by atoms with E-state index in [4.69, 9.17) is 10.2 Å². The molecule has 2 N–H and O–H groups in total. The highest BCUT2D eigenvalue weighted by Crippen LogP contribution is 2.13. The number of pyridine rings is 1. The Kier molecular flexibility index (Phi) is 3.44. The van der Waals surface area contributed by atoms with Crippen molar-refractivity contribution in [2.75, 3.05) is 12.8 Å². The first kappa shape index (κ1) is 11.7. The molecule has 4 heteroatoms. The molecule has 0 saturated carbocycles. The zero-order valence-corrected chi connectivity index (χ0v) is 10.2. The summed E-state index contributed by atoms with van der Waals surface area (Å²) < 4.78 is 5.28. The lowest BCUT2D eigenvalue weighted by atomic mass is 10.2. The third-order valence-corrected chi connectivity index (χ3v) is 2.71. The number of nitrogens with two attached hydrogens (primary N) is 1. The van der Waals surface area contributed by atoms with Crippen LogP contribution in [0.4, 0.5) is 5.82 Å². The Morgan fingerprint density at radius 3 is 2.71 bits per heavy atom. The van der Waals surface area contributed by atoms with Gasteiger partial charge in [-0.3, -0.25) is 4.90 Å². The van der Waals surface area contributed by atoms with E-state index in [2.05, 4.69) is 16.9 Å². The summed E-state index contributed by atoms with van der Waals surface area (Å²) in [6, 6.07) is 5.83. The van der Waals surface area contributed by atoms with Crippen LogP contribution in [0.15, 0.2) is 35.1 Å². The average molecular weight is 231 g/mol. The minimum absolute atomic E-state index is 0.557. The van der Waals surface area contributed by atoms with E-state index in [-0.39, 0.29) is 0 Å². The molecule has 0 spiro atoms. The van der Waals surface area contributed by atoms with E-state index >= 15 is 0 Å². The Morgan fingerprint density at radius 1 is 1.29 bits per heavy atom. The molecule has 2 rings (SSSR count). The van der Waals surface area contributed by atoms with Crippen LogP contribution >= 0.6 is 0 Å². The summed E-state index contributed by atoms with van der Waals surface area (Å²) in [5.41, 5.74) is 7.92. The van der Waals surface area contributed by atoms with Crippen LogP contribution in [0.5, 0.6) is 0 Å². The van der Waals surface area contributed by atoms with Crippen molar-refractivity contribution in [3.63, 3.8) is 0 Å². The van der Waals surface area contributed by atoms with E-state index in [1.54, 1.807) is 6.26 Å². The summed E-state index contributed by atoms with van der Waals surface area (Å²) in [5.74, 6) is 1.54. The predicted octanol–water partition coefficient (Wildman–Crippen LogP) is 2.20. The molecule has 0 amide bonds. The molecule has 2 aromatic heterocycles. The third-order valence-electron chi connectivity index (χ3n) is 2.71. The van der Waals surface area contributed by atoms with Crippen molar-refractivity contribution in [1.29, 1.82) is 0 Å². The molecular formula is C13H17N3O. The zero-order valence-electron chi connectivity index (χ0n) is 10.2. The Labute approximate surface area is 101 Å². The van der Waals surface area contributed by atoms with Gasteiger partial charge >= 0.3 is 0 Å². The molecule has 0 aliphatic rings. The van der Waals surface area contributed by atoms with Gasteiger partial charge in [0.25, 0.3) is 0 Å². The quantitative estimate of drug-likeness (QED) is 0.876. The second-order valence-electron chi connectivity index (χ2n) is 4.27. The van der Waals surface area contributed by atoms with E-state index in [1.807, 2.05) is 31.3 Å². The molecule has 90 valence electrons. The van der Waals surface area contributed by atoms with E-state index in [0.717, 1.165) is 24.4 Å². The molecule has 0 radical (unpaired) electrons. The molecule has 17 heavy (non-hydrogen) atoms. The Hall–Kier alpha value is -1.81. The molecule has 2 heterocycles. The maximum absolute atomic E-state index is 5.55. The van der Waals surface area contributed by atoms with Crippen LogP contribution in [0.25, 0.3) is 0 Å². The average Bonchev–Trinajstić information content (AvgIpc) is 2.68. The number of nitrogens with zero attached hydrogens (tertiary/aromatic N) is 2. The first-order valence-corrected chi connectivity index (χ1v) is 5.57. The van der Waals surface area contributed by atoms with Crippen molar-refractivity contribution < 1.29 is 4.42 Å². The van der Waals surface area contributed by atoms with Crippen LogP contribution in [-0.4, -0.2) is 16.9 Å². The van der Waals surface area contributed by atoms with Crippen LogP contribution in [0.1, 0.15) is 16.9 Å². The maximum Gasteiger partial charge on any atom is 0.123 e. The van der Waals surface area contributed by atoms with Crippen LogP contribution in [0, 0.1) is 6.92 Å². The highest BCUT2D eigenvalue weighted by Gasteiger charge is 2.06. The fourth-order valence-corrected chi connectivity index (χ4v) is 1.76. The minimum atomic E-state index is 0.557. The monoisotopic (exact) mass is 231 g/mol. The predicted molar refractivity (Wildman–Crippen MR) is 67.3 cm³/mol. The van der Waals surface area contributed by atoms with Gasteiger partial charge in [-0.1, -0.05) is 6.07 Å². The normalized spacial score (nSPS) is 11.0. The van der Waals surface area contributed by atoms with Gasteiger partial charge < -0.3 is 10.2 Å². The molecule has 4 nitrogen and oxygen atoms in total. The number of hydrogen-bond donors (Lipinski definition) is 1.